The maximum absolute atomic E-state index is 11.2. The van der Waals surface area contributed by atoms with Crippen LogP contribution in [0.4, 0.5) is 5.69 Å². The Hall–Kier alpha value is -1.48. The minimum atomic E-state index is -0.150. The zero-order valence-corrected chi connectivity index (χ0v) is 12.6. The van der Waals surface area contributed by atoms with E-state index in [2.05, 4.69) is 37.5 Å². The van der Waals surface area contributed by atoms with Gasteiger partial charge in [-0.2, -0.15) is 0 Å². The van der Waals surface area contributed by atoms with E-state index in [0.29, 0.717) is 6.54 Å². The summed E-state index contributed by atoms with van der Waals surface area (Å²) in [5.41, 5.74) is 4.41. The molecule has 102 valence electrons. The molecule has 0 aromatic heterocycles. The van der Waals surface area contributed by atoms with E-state index in [-0.39, 0.29) is 11.3 Å². The van der Waals surface area contributed by atoms with Gasteiger partial charge in [-0.1, -0.05) is 32.6 Å². The molecule has 0 unspecified atom stereocenters. The third kappa shape index (κ3) is 2.23. The zero-order chi connectivity index (χ0) is 14.4. The van der Waals surface area contributed by atoms with Crippen LogP contribution in [0, 0.1) is 0 Å². The van der Waals surface area contributed by atoms with Gasteiger partial charge >= 0.3 is 0 Å². The van der Waals surface area contributed by atoms with E-state index in [1.807, 2.05) is 13.1 Å². The van der Waals surface area contributed by atoms with Crippen molar-refractivity contribution in [3.8, 4) is 0 Å². The highest BCUT2D eigenvalue weighted by Crippen LogP contribution is 2.46. The van der Waals surface area contributed by atoms with Crippen molar-refractivity contribution in [3.05, 3.63) is 41.6 Å². The molecule has 0 radical (unpaired) electrons. The van der Waals surface area contributed by atoms with Gasteiger partial charge in [0.25, 0.3) is 0 Å². The van der Waals surface area contributed by atoms with E-state index >= 15 is 0 Å². The maximum Gasteiger partial charge on any atom is 0.234 e. The fourth-order valence-electron chi connectivity index (χ4n) is 2.47. The highest BCUT2D eigenvalue weighted by molar-refractivity contribution is 6.20. The van der Waals surface area contributed by atoms with Crippen molar-refractivity contribution in [2.45, 2.75) is 32.7 Å². The van der Waals surface area contributed by atoms with E-state index in [1.54, 1.807) is 0 Å². The molecular formula is C15H19ClN2O. The SMILES string of the molecule is C=C1N(C)c2ccc(CN(Cl)C(C)=O)cc2C1(C)C. The first-order valence-corrected chi connectivity index (χ1v) is 6.59. The van der Waals surface area contributed by atoms with Crippen LogP contribution in [0.15, 0.2) is 30.5 Å². The molecular weight excluding hydrogens is 260 g/mol. The number of hydrogen-bond donors (Lipinski definition) is 0. The standard InChI is InChI=1S/C15H19ClN2O/c1-10-15(3,4)13-8-12(9-18(16)11(2)19)6-7-14(13)17(10)5/h6-8H,1,9H2,2-5H3. The molecule has 1 aromatic rings. The lowest BCUT2D eigenvalue weighted by molar-refractivity contribution is -0.124. The first-order chi connectivity index (χ1) is 8.75. The molecule has 0 N–H and O–H groups in total. The number of fused-ring (bicyclic) bond motifs is 1. The second kappa shape index (κ2) is 4.57. The fraction of sp³-hybridized carbons (Fsp3) is 0.400. The molecule has 0 bridgehead atoms. The molecule has 3 nitrogen and oxygen atoms in total. The highest BCUT2D eigenvalue weighted by atomic mass is 35.5. The lowest BCUT2D eigenvalue weighted by Crippen LogP contribution is -2.21. The second-order valence-electron chi connectivity index (χ2n) is 5.52. The van der Waals surface area contributed by atoms with Crippen LogP contribution >= 0.6 is 11.8 Å². The minimum Gasteiger partial charge on any atom is -0.348 e. The van der Waals surface area contributed by atoms with Crippen LogP contribution in [0.2, 0.25) is 0 Å². The molecule has 1 aromatic carbocycles. The van der Waals surface area contributed by atoms with Gasteiger partial charge in [0.1, 0.15) is 0 Å². The molecule has 0 atom stereocenters. The van der Waals surface area contributed by atoms with Gasteiger partial charge in [-0.3, -0.25) is 9.21 Å². The van der Waals surface area contributed by atoms with Crippen LogP contribution in [0.5, 0.6) is 0 Å². The number of carbonyl (C=O) groups is 1. The van der Waals surface area contributed by atoms with Crippen molar-refractivity contribution in [1.29, 1.82) is 0 Å². The van der Waals surface area contributed by atoms with Crippen molar-refractivity contribution in [2.24, 2.45) is 0 Å². The highest BCUT2D eigenvalue weighted by Gasteiger charge is 2.37. The molecule has 0 fully saturated rings. The molecule has 0 saturated heterocycles. The summed E-state index contributed by atoms with van der Waals surface area (Å²) in [7, 11) is 2.03. The number of anilines is 1. The van der Waals surface area contributed by atoms with Gasteiger partial charge in [-0.15, -0.1) is 0 Å². The summed E-state index contributed by atoms with van der Waals surface area (Å²) in [6.45, 7) is 10.3. The summed E-state index contributed by atoms with van der Waals surface area (Å²) in [5, 5.41) is 0. The van der Waals surface area contributed by atoms with Crippen LogP contribution < -0.4 is 4.90 Å². The zero-order valence-electron chi connectivity index (χ0n) is 11.8. The van der Waals surface area contributed by atoms with Crippen molar-refractivity contribution in [2.75, 3.05) is 11.9 Å². The van der Waals surface area contributed by atoms with E-state index in [9.17, 15) is 4.79 Å². The van der Waals surface area contributed by atoms with Crippen molar-refractivity contribution >= 4 is 23.4 Å². The third-order valence-electron chi connectivity index (χ3n) is 3.89. The van der Waals surface area contributed by atoms with Gasteiger partial charge in [-0.05, 0) is 17.2 Å². The quantitative estimate of drug-likeness (QED) is 0.774. The molecule has 1 amide bonds. The summed E-state index contributed by atoms with van der Waals surface area (Å²) in [6, 6.07) is 6.18. The van der Waals surface area contributed by atoms with Crippen molar-refractivity contribution in [3.63, 3.8) is 0 Å². The number of allylic oxidation sites excluding steroid dienone is 1. The monoisotopic (exact) mass is 278 g/mol. The van der Waals surface area contributed by atoms with E-state index in [1.165, 1.54) is 22.6 Å². The number of amides is 1. The predicted molar refractivity (Wildman–Crippen MR) is 79.1 cm³/mol. The van der Waals surface area contributed by atoms with Crippen LogP contribution in [-0.4, -0.2) is 17.4 Å². The molecule has 0 spiro atoms. The lowest BCUT2D eigenvalue weighted by atomic mass is 9.84. The van der Waals surface area contributed by atoms with Gasteiger partial charge in [0.2, 0.25) is 5.91 Å². The number of carbonyl (C=O) groups excluding carboxylic acids is 1. The number of nitrogens with zero attached hydrogens (tertiary/aromatic N) is 2. The summed E-state index contributed by atoms with van der Waals surface area (Å²) in [6.07, 6.45) is 0. The molecule has 0 aliphatic carbocycles. The number of halogens is 1. The summed E-state index contributed by atoms with van der Waals surface area (Å²) < 4.78 is 1.20. The number of rotatable bonds is 2. The Kier molecular flexibility index (Phi) is 3.35. The van der Waals surface area contributed by atoms with Gasteiger partial charge in [0.05, 0.1) is 6.54 Å². The van der Waals surface area contributed by atoms with E-state index in [4.69, 9.17) is 11.8 Å². The molecule has 0 saturated carbocycles. The molecule has 1 aliphatic heterocycles. The largest absolute Gasteiger partial charge is 0.348 e. The van der Waals surface area contributed by atoms with Crippen molar-refractivity contribution in [1.82, 2.24) is 4.42 Å². The fourth-order valence-corrected chi connectivity index (χ4v) is 2.60. The van der Waals surface area contributed by atoms with Crippen molar-refractivity contribution < 1.29 is 4.79 Å². The Morgan fingerprint density at radius 2 is 2.11 bits per heavy atom. The first-order valence-electron chi connectivity index (χ1n) is 6.25. The number of benzene rings is 1. The van der Waals surface area contributed by atoms with Crippen LogP contribution in [-0.2, 0) is 16.8 Å². The van der Waals surface area contributed by atoms with Gasteiger partial charge in [0.15, 0.2) is 0 Å². The molecule has 1 aliphatic rings. The van der Waals surface area contributed by atoms with Gasteiger partial charge in [-0.25, -0.2) is 0 Å². The lowest BCUT2D eigenvalue weighted by Gasteiger charge is -2.22. The van der Waals surface area contributed by atoms with Gasteiger partial charge in [0, 0.05) is 42.5 Å². The second-order valence-corrected chi connectivity index (χ2v) is 5.93. The Bertz CT molecular complexity index is 551. The molecule has 2 rings (SSSR count). The summed E-state index contributed by atoms with van der Waals surface area (Å²) in [5.74, 6) is -0.150. The number of hydrogen-bond acceptors (Lipinski definition) is 2. The third-order valence-corrected chi connectivity index (χ3v) is 4.24. The van der Waals surface area contributed by atoms with Crippen LogP contribution in [0.1, 0.15) is 31.9 Å². The molecule has 4 heteroatoms. The maximum atomic E-state index is 11.2. The van der Waals surface area contributed by atoms with Crippen LogP contribution in [0.25, 0.3) is 0 Å². The summed E-state index contributed by atoms with van der Waals surface area (Å²) >= 11 is 5.89. The van der Waals surface area contributed by atoms with E-state index < -0.39 is 0 Å². The first kappa shape index (κ1) is 13.9. The molecule has 19 heavy (non-hydrogen) atoms. The van der Waals surface area contributed by atoms with E-state index in [0.717, 1.165) is 11.3 Å². The Morgan fingerprint density at radius 3 is 2.68 bits per heavy atom. The average molecular weight is 279 g/mol. The molecule has 1 heterocycles. The van der Waals surface area contributed by atoms with Crippen LogP contribution in [0.3, 0.4) is 0 Å². The minimum absolute atomic E-state index is 0.0898. The Labute approximate surface area is 119 Å². The average Bonchev–Trinajstić information content (AvgIpc) is 2.51. The Balaban J connectivity index is 2.38. The normalized spacial score (nSPS) is 16.5. The Morgan fingerprint density at radius 1 is 1.47 bits per heavy atom. The summed E-state index contributed by atoms with van der Waals surface area (Å²) in [4.78, 5) is 13.3. The predicted octanol–water partition coefficient (Wildman–Crippen LogP) is 3.43. The van der Waals surface area contributed by atoms with Gasteiger partial charge < -0.3 is 4.90 Å². The topological polar surface area (TPSA) is 23.6 Å². The smallest absolute Gasteiger partial charge is 0.234 e. The number of likely N-dealkylation sites (N-methyl/N-ethyl adjacent to an activating group) is 1.